The van der Waals surface area contributed by atoms with Crippen molar-refractivity contribution in [1.29, 1.82) is 0 Å². The smallest absolute Gasteiger partial charge is 0.0349 e. The first kappa shape index (κ1) is 17.0. The first-order valence-electron chi connectivity index (χ1n) is 10.6. The molecule has 0 aliphatic rings. The molecule has 0 saturated carbocycles. The van der Waals surface area contributed by atoms with Gasteiger partial charge in [0, 0.05) is 15.6 Å². The molecule has 0 unspecified atom stereocenters. The van der Waals surface area contributed by atoms with E-state index in [1.54, 1.807) is 0 Å². The summed E-state index contributed by atoms with van der Waals surface area (Å²) in [6, 6.07) is 37.9. The van der Waals surface area contributed by atoms with Crippen LogP contribution >= 0.6 is 11.3 Å². The van der Waals surface area contributed by atoms with Crippen LogP contribution in [0.4, 0.5) is 0 Å². The maximum absolute atomic E-state index is 2.29. The Morgan fingerprint density at radius 1 is 0.419 bits per heavy atom. The molecule has 1 heterocycles. The van der Waals surface area contributed by atoms with Gasteiger partial charge in [0.15, 0.2) is 0 Å². The second-order valence-electron chi connectivity index (χ2n) is 8.19. The molecular weight excluding hydrogens is 392 g/mol. The molecule has 0 aliphatic carbocycles. The van der Waals surface area contributed by atoms with Crippen molar-refractivity contribution >= 4 is 53.7 Å². The normalized spacial score (nSPS) is 11.9. The third kappa shape index (κ3) is 2.47. The minimum atomic E-state index is 1.27. The highest BCUT2D eigenvalue weighted by molar-refractivity contribution is 7.17. The minimum absolute atomic E-state index is 1.27. The summed E-state index contributed by atoms with van der Waals surface area (Å²) in [5.74, 6) is 0. The van der Waals surface area contributed by atoms with Gasteiger partial charge < -0.3 is 0 Å². The average molecular weight is 411 g/mol. The van der Waals surface area contributed by atoms with Gasteiger partial charge in [0.2, 0.25) is 0 Å². The molecule has 0 atom stereocenters. The van der Waals surface area contributed by atoms with Crippen LogP contribution in [-0.2, 0) is 0 Å². The second-order valence-corrected chi connectivity index (χ2v) is 9.10. The van der Waals surface area contributed by atoms with E-state index >= 15 is 0 Å². The summed E-state index contributed by atoms with van der Waals surface area (Å²) in [6.07, 6.45) is 0. The number of hydrogen-bond acceptors (Lipinski definition) is 1. The first-order chi connectivity index (χ1) is 15.4. The highest BCUT2D eigenvalue weighted by Gasteiger charge is 2.12. The lowest BCUT2D eigenvalue weighted by Crippen LogP contribution is -1.87. The number of thiophene rings is 1. The fourth-order valence-corrected chi connectivity index (χ4v) is 5.99. The van der Waals surface area contributed by atoms with Crippen molar-refractivity contribution in [2.24, 2.45) is 0 Å². The fourth-order valence-electron chi connectivity index (χ4n) is 5.02. The number of benzene rings is 6. The zero-order chi connectivity index (χ0) is 20.4. The van der Waals surface area contributed by atoms with E-state index < -0.39 is 0 Å². The number of fused-ring (bicyclic) bond motifs is 1. The van der Waals surface area contributed by atoms with Gasteiger partial charge in [-0.3, -0.25) is 0 Å². The summed E-state index contributed by atoms with van der Waals surface area (Å²) >= 11 is 1.82. The Kier molecular flexibility index (Phi) is 3.52. The molecule has 31 heavy (non-hydrogen) atoms. The molecule has 7 rings (SSSR count). The molecule has 0 bridgehead atoms. The lowest BCUT2D eigenvalue weighted by molar-refractivity contribution is 1.65. The standard InChI is InChI=1S/C30H18S/c1-2-7-28-25(6-1)27(18-31-28)20-10-8-19(9-11-20)24-16-14-23-13-12-21-4-3-5-22-15-17-26(24)30(23)29(21)22/h1-18H. The van der Waals surface area contributed by atoms with Crippen molar-refractivity contribution in [2.45, 2.75) is 0 Å². The molecule has 7 aromatic rings. The number of rotatable bonds is 2. The van der Waals surface area contributed by atoms with Crippen LogP contribution in [0.3, 0.4) is 0 Å². The summed E-state index contributed by atoms with van der Waals surface area (Å²) in [7, 11) is 0. The Labute approximate surface area is 184 Å². The van der Waals surface area contributed by atoms with Gasteiger partial charge >= 0.3 is 0 Å². The molecule has 0 spiro atoms. The quantitative estimate of drug-likeness (QED) is 0.249. The summed E-state index contributed by atoms with van der Waals surface area (Å²) < 4.78 is 1.34. The van der Waals surface area contributed by atoms with Crippen LogP contribution in [0.5, 0.6) is 0 Å². The van der Waals surface area contributed by atoms with E-state index in [9.17, 15) is 0 Å². The second kappa shape index (κ2) is 6.41. The van der Waals surface area contributed by atoms with Crippen molar-refractivity contribution in [2.75, 3.05) is 0 Å². The molecule has 0 radical (unpaired) electrons. The summed E-state index contributed by atoms with van der Waals surface area (Å²) in [5, 5.41) is 11.6. The molecule has 0 fully saturated rings. The van der Waals surface area contributed by atoms with E-state index in [1.807, 2.05) is 11.3 Å². The van der Waals surface area contributed by atoms with Crippen LogP contribution in [0.2, 0.25) is 0 Å². The van der Waals surface area contributed by atoms with Gasteiger partial charge in [0.05, 0.1) is 0 Å². The first-order valence-corrected chi connectivity index (χ1v) is 11.5. The van der Waals surface area contributed by atoms with E-state index in [2.05, 4.69) is 109 Å². The largest absolute Gasteiger partial charge is 0.143 e. The Morgan fingerprint density at radius 2 is 1.06 bits per heavy atom. The molecule has 0 N–H and O–H groups in total. The predicted molar refractivity (Wildman–Crippen MR) is 136 cm³/mol. The molecule has 1 aromatic heterocycles. The average Bonchev–Trinajstić information content (AvgIpc) is 3.27. The molecule has 0 amide bonds. The Bertz CT molecular complexity index is 1700. The van der Waals surface area contributed by atoms with E-state index in [0.29, 0.717) is 0 Å². The van der Waals surface area contributed by atoms with Crippen molar-refractivity contribution in [3.05, 3.63) is 109 Å². The van der Waals surface area contributed by atoms with Gasteiger partial charge in [0.1, 0.15) is 0 Å². The van der Waals surface area contributed by atoms with E-state index in [1.165, 1.54) is 64.7 Å². The van der Waals surface area contributed by atoms with Gasteiger partial charge in [-0.2, -0.15) is 0 Å². The van der Waals surface area contributed by atoms with Crippen LogP contribution in [-0.4, -0.2) is 0 Å². The van der Waals surface area contributed by atoms with Crippen molar-refractivity contribution in [1.82, 2.24) is 0 Å². The van der Waals surface area contributed by atoms with Crippen molar-refractivity contribution in [3.63, 3.8) is 0 Å². The third-order valence-electron chi connectivity index (χ3n) is 6.52. The third-order valence-corrected chi connectivity index (χ3v) is 7.48. The molecule has 1 heteroatoms. The van der Waals surface area contributed by atoms with Crippen LogP contribution in [0.1, 0.15) is 0 Å². The molecular formula is C30H18S. The molecule has 6 aromatic carbocycles. The minimum Gasteiger partial charge on any atom is -0.143 e. The molecule has 0 nitrogen and oxygen atoms in total. The van der Waals surface area contributed by atoms with E-state index in [0.717, 1.165) is 0 Å². The SMILES string of the molecule is c1cc2ccc3ccc(-c4ccc(-c5csc6ccccc56)cc4)c4ccc(c1)c2c34. The summed E-state index contributed by atoms with van der Waals surface area (Å²) in [4.78, 5) is 0. The lowest BCUT2D eigenvalue weighted by atomic mass is 9.89. The van der Waals surface area contributed by atoms with E-state index in [4.69, 9.17) is 0 Å². The van der Waals surface area contributed by atoms with Crippen LogP contribution in [0.25, 0.3) is 64.7 Å². The monoisotopic (exact) mass is 410 g/mol. The molecule has 144 valence electrons. The topological polar surface area (TPSA) is 0 Å². The predicted octanol–water partition coefficient (Wildman–Crippen LogP) is 9.13. The molecule has 0 aliphatic heterocycles. The Hall–Kier alpha value is -3.68. The van der Waals surface area contributed by atoms with Gasteiger partial charge in [0.25, 0.3) is 0 Å². The van der Waals surface area contributed by atoms with E-state index in [-0.39, 0.29) is 0 Å². The fraction of sp³-hybridized carbons (Fsp3) is 0. The van der Waals surface area contributed by atoms with Crippen molar-refractivity contribution in [3.8, 4) is 22.3 Å². The summed E-state index contributed by atoms with van der Waals surface area (Å²) in [6.45, 7) is 0. The van der Waals surface area contributed by atoms with Gasteiger partial charge in [-0.15, -0.1) is 11.3 Å². The van der Waals surface area contributed by atoms with Gasteiger partial charge in [-0.25, -0.2) is 0 Å². The Morgan fingerprint density at radius 3 is 1.87 bits per heavy atom. The van der Waals surface area contributed by atoms with Crippen LogP contribution in [0.15, 0.2) is 109 Å². The maximum Gasteiger partial charge on any atom is 0.0349 e. The number of hydrogen-bond donors (Lipinski definition) is 0. The van der Waals surface area contributed by atoms with Gasteiger partial charge in [-0.05, 0) is 60.5 Å². The molecule has 0 saturated heterocycles. The summed E-state index contributed by atoms with van der Waals surface area (Å²) in [5.41, 5.74) is 5.16. The maximum atomic E-state index is 2.29. The van der Waals surface area contributed by atoms with Gasteiger partial charge in [-0.1, -0.05) is 97.1 Å². The zero-order valence-corrected chi connectivity index (χ0v) is 17.6. The van der Waals surface area contributed by atoms with Crippen LogP contribution in [0, 0.1) is 0 Å². The Balaban J connectivity index is 1.42. The highest BCUT2D eigenvalue weighted by Crippen LogP contribution is 2.40. The van der Waals surface area contributed by atoms with Crippen LogP contribution < -0.4 is 0 Å². The lowest BCUT2D eigenvalue weighted by Gasteiger charge is -2.14. The highest BCUT2D eigenvalue weighted by atomic mass is 32.1. The van der Waals surface area contributed by atoms with Crippen molar-refractivity contribution < 1.29 is 0 Å². The zero-order valence-electron chi connectivity index (χ0n) is 16.8.